The Hall–Kier alpha value is -0.740. The molecule has 0 fully saturated rings. The molecule has 0 N–H and O–H groups in total. The zero-order valence-corrected chi connectivity index (χ0v) is 46.4. The molecule has 0 rings (SSSR count). The van der Waals surface area contributed by atoms with Crippen LogP contribution in [-0.4, -0.2) is 0 Å². The van der Waals surface area contributed by atoms with Crippen molar-refractivity contribution in [3.63, 3.8) is 0 Å². The summed E-state index contributed by atoms with van der Waals surface area (Å²) in [6.45, 7) is 34.2. The Bertz CT molecular complexity index is 710. The van der Waals surface area contributed by atoms with E-state index < -0.39 is 0 Å². The SMILES string of the molecule is C.C=C=C(C)CCC.CC.CCC(C)(C)C.CCC/C=C\CCCCCCCCCCCCCCCCC.CCCCC.CCCCCCCCCCCCCCCCCCC. The summed E-state index contributed by atoms with van der Waals surface area (Å²) in [6, 6.07) is 0. The van der Waals surface area contributed by atoms with Crippen LogP contribution in [-0.2, 0) is 0 Å². The molecule has 0 unspecified atom stereocenters. The summed E-state index contributed by atoms with van der Waals surface area (Å²) >= 11 is 0. The average molecular weight is 878 g/mol. The van der Waals surface area contributed by atoms with Crippen LogP contribution < -0.4 is 0 Å². The molecule has 380 valence electrons. The lowest BCUT2D eigenvalue weighted by molar-refractivity contribution is 0.398. The van der Waals surface area contributed by atoms with E-state index in [2.05, 4.69) is 108 Å². The molecule has 0 nitrogen and oxygen atoms in total. The van der Waals surface area contributed by atoms with Gasteiger partial charge < -0.3 is 0 Å². The summed E-state index contributed by atoms with van der Waals surface area (Å²) in [6.07, 6.45) is 63.1. The molecule has 0 aromatic carbocycles. The van der Waals surface area contributed by atoms with E-state index in [1.165, 1.54) is 262 Å². The van der Waals surface area contributed by atoms with Gasteiger partial charge in [-0.1, -0.05) is 354 Å². The third-order valence-electron chi connectivity index (χ3n) is 11.5. The minimum Gasteiger partial charge on any atom is -0.130 e. The van der Waals surface area contributed by atoms with Crippen LogP contribution in [0.25, 0.3) is 0 Å². The molecule has 0 saturated carbocycles. The lowest BCUT2D eigenvalue weighted by Crippen LogP contribution is -2.00. The van der Waals surface area contributed by atoms with Crippen LogP contribution in [0.2, 0.25) is 0 Å². The van der Waals surface area contributed by atoms with Crippen molar-refractivity contribution < 1.29 is 0 Å². The minimum absolute atomic E-state index is 0. The van der Waals surface area contributed by atoms with Gasteiger partial charge in [-0.2, -0.15) is 0 Å². The van der Waals surface area contributed by atoms with Crippen LogP contribution in [0, 0.1) is 5.41 Å². The summed E-state index contributed by atoms with van der Waals surface area (Å²) in [5.74, 6) is 0. The molecule has 0 aliphatic heterocycles. The van der Waals surface area contributed by atoms with Gasteiger partial charge in [-0.3, -0.25) is 0 Å². The van der Waals surface area contributed by atoms with Gasteiger partial charge in [-0.25, -0.2) is 0 Å². The van der Waals surface area contributed by atoms with Crippen molar-refractivity contribution in [3.05, 3.63) is 30.0 Å². The fourth-order valence-corrected chi connectivity index (χ4v) is 6.65. The standard InChI is InChI=1S/C22H44.C19H40.C7H12.C6H14.C5H12.C2H6.CH4/c1-3-5-7-9-11-13-15-17-19-21-22-20-18-16-14-12-10-8-6-4-2;1-3-5-7-9-11-13-15-17-19-18-16-14-12-10-8-6-4-2;1-4-6-7(3)5-2;1-5-6(2,3)4;1-3-5-4-2;1-2;/h7,9H,3-6,8,10-22H2,1-2H3;3-19H2,1-2H3;2,4,6H2,1,3H3;5H2,1-4H3;3-5H2,1-2H3;1-2H3;1H4/b9-7-;;;;;;. The molecule has 0 radical (unpaired) electrons. The molecule has 0 bridgehead atoms. The first-order valence-electron chi connectivity index (χ1n) is 28.6. The minimum atomic E-state index is 0. The molecular formula is C62H132. The smallest absolute Gasteiger partial charge is 0.0250 e. The van der Waals surface area contributed by atoms with E-state index in [4.69, 9.17) is 0 Å². The Morgan fingerprint density at radius 1 is 0.355 bits per heavy atom. The van der Waals surface area contributed by atoms with Crippen molar-refractivity contribution in [3.8, 4) is 0 Å². The van der Waals surface area contributed by atoms with E-state index in [1.54, 1.807) is 0 Å². The van der Waals surface area contributed by atoms with Crippen LogP contribution in [0.3, 0.4) is 0 Å². The first kappa shape index (κ1) is 75.6. The third-order valence-corrected chi connectivity index (χ3v) is 11.5. The Labute approximate surface area is 401 Å². The van der Waals surface area contributed by atoms with E-state index in [0.717, 1.165) is 6.42 Å². The lowest BCUT2D eigenvalue weighted by Gasteiger charge is -2.12. The number of rotatable bonds is 38. The predicted octanol–water partition coefficient (Wildman–Crippen LogP) is 25.1. The first-order chi connectivity index (χ1) is 29.6. The van der Waals surface area contributed by atoms with Crippen LogP contribution >= 0.6 is 0 Å². The Kier molecular flexibility index (Phi) is 94.4. The van der Waals surface area contributed by atoms with Gasteiger partial charge in [0.2, 0.25) is 0 Å². The quantitative estimate of drug-likeness (QED) is 0.0329. The van der Waals surface area contributed by atoms with Crippen molar-refractivity contribution in [2.24, 2.45) is 5.41 Å². The van der Waals surface area contributed by atoms with Crippen LogP contribution in [0.1, 0.15) is 368 Å². The summed E-state index contributed by atoms with van der Waals surface area (Å²) in [4.78, 5) is 0. The molecule has 62 heavy (non-hydrogen) atoms. The van der Waals surface area contributed by atoms with E-state index >= 15 is 0 Å². The van der Waals surface area contributed by atoms with Crippen LogP contribution in [0.15, 0.2) is 30.0 Å². The Morgan fingerprint density at radius 2 is 0.581 bits per heavy atom. The van der Waals surface area contributed by atoms with Crippen molar-refractivity contribution in [1.82, 2.24) is 0 Å². The fourth-order valence-electron chi connectivity index (χ4n) is 6.65. The highest BCUT2D eigenvalue weighted by Gasteiger charge is 2.03. The van der Waals surface area contributed by atoms with Gasteiger partial charge in [-0.05, 0) is 43.6 Å². The molecule has 0 saturated heterocycles. The maximum absolute atomic E-state index is 3.52. The van der Waals surface area contributed by atoms with Gasteiger partial charge in [0.15, 0.2) is 0 Å². The second-order valence-electron chi connectivity index (χ2n) is 19.3. The maximum Gasteiger partial charge on any atom is -0.0250 e. The van der Waals surface area contributed by atoms with E-state index in [9.17, 15) is 0 Å². The van der Waals surface area contributed by atoms with Gasteiger partial charge in [-0.15, -0.1) is 5.73 Å². The summed E-state index contributed by atoms with van der Waals surface area (Å²) < 4.78 is 0. The van der Waals surface area contributed by atoms with Crippen molar-refractivity contribution in [2.45, 2.75) is 368 Å². The average Bonchev–Trinajstić information content (AvgIpc) is 3.26. The van der Waals surface area contributed by atoms with E-state index in [1.807, 2.05) is 13.8 Å². The second-order valence-corrected chi connectivity index (χ2v) is 19.3. The second kappa shape index (κ2) is 77.5. The number of hydrogen-bond donors (Lipinski definition) is 0. The monoisotopic (exact) mass is 877 g/mol. The molecule has 0 aliphatic carbocycles. The zero-order chi connectivity index (χ0) is 47.2. The molecule has 0 heteroatoms. The van der Waals surface area contributed by atoms with Gasteiger partial charge >= 0.3 is 0 Å². The molecule has 0 atom stereocenters. The molecule has 0 amide bonds. The molecule has 0 spiro atoms. The normalized spacial score (nSPS) is 10.3. The molecular weight excluding hydrogens is 745 g/mol. The number of allylic oxidation sites excluding steroid dienone is 3. The summed E-state index contributed by atoms with van der Waals surface area (Å²) in [5, 5.41) is 0. The van der Waals surface area contributed by atoms with Crippen LogP contribution in [0.5, 0.6) is 0 Å². The van der Waals surface area contributed by atoms with Crippen LogP contribution in [0.4, 0.5) is 0 Å². The van der Waals surface area contributed by atoms with Gasteiger partial charge in [0.05, 0.1) is 0 Å². The van der Waals surface area contributed by atoms with Crippen molar-refractivity contribution >= 4 is 0 Å². The summed E-state index contributed by atoms with van der Waals surface area (Å²) in [7, 11) is 0. The first-order valence-corrected chi connectivity index (χ1v) is 28.6. The lowest BCUT2D eigenvalue weighted by atomic mass is 9.94. The highest BCUT2D eigenvalue weighted by atomic mass is 14.1. The Morgan fingerprint density at radius 3 is 0.742 bits per heavy atom. The number of hydrogen-bond acceptors (Lipinski definition) is 0. The van der Waals surface area contributed by atoms with Gasteiger partial charge in [0.1, 0.15) is 0 Å². The summed E-state index contributed by atoms with van der Waals surface area (Å²) in [5.41, 5.74) is 4.64. The fraction of sp³-hybridized carbons (Fsp3) is 0.919. The Balaban J connectivity index is -0.000000135. The van der Waals surface area contributed by atoms with Gasteiger partial charge in [0.25, 0.3) is 0 Å². The van der Waals surface area contributed by atoms with Gasteiger partial charge in [0, 0.05) is 0 Å². The highest BCUT2D eigenvalue weighted by Crippen LogP contribution is 2.17. The molecule has 0 aliphatic rings. The maximum atomic E-state index is 3.52. The molecule has 0 aromatic heterocycles. The molecule has 0 aromatic rings. The zero-order valence-electron chi connectivity index (χ0n) is 46.4. The van der Waals surface area contributed by atoms with Crippen molar-refractivity contribution in [2.75, 3.05) is 0 Å². The van der Waals surface area contributed by atoms with E-state index in [-0.39, 0.29) is 7.43 Å². The largest absolute Gasteiger partial charge is 0.130 e. The topological polar surface area (TPSA) is 0 Å². The predicted molar refractivity (Wildman–Crippen MR) is 300 cm³/mol. The van der Waals surface area contributed by atoms with E-state index in [0.29, 0.717) is 5.41 Å². The van der Waals surface area contributed by atoms with Crippen molar-refractivity contribution in [1.29, 1.82) is 0 Å². The molecule has 0 heterocycles. The highest BCUT2D eigenvalue weighted by molar-refractivity contribution is 4.92. The number of unbranched alkanes of at least 4 members (excludes halogenated alkanes) is 34. The third kappa shape index (κ3) is 103.